The number of hydrogen-bond acceptors (Lipinski definition) is 3. The monoisotopic (exact) mass is 292 g/mol. The molecular formula is C15H20N2O4. The van der Waals surface area contributed by atoms with E-state index in [1.54, 1.807) is 28.0 Å². The van der Waals surface area contributed by atoms with E-state index in [1.807, 2.05) is 6.92 Å². The minimum absolute atomic E-state index is 0.0980. The predicted octanol–water partition coefficient (Wildman–Crippen LogP) is 2.14. The maximum absolute atomic E-state index is 12.6. The van der Waals surface area contributed by atoms with Gasteiger partial charge in [-0.3, -0.25) is 9.69 Å². The van der Waals surface area contributed by atoms with Crippen molar-refractivity contribution in [3.05, 3.63) is 24.3 Å². The number of carbonyl (C=O) groups excluding carboxylic acids is 1. The highest BCUT2D eigenvalue weighted by molar-refractivity contribution is 5.92. The van der Waals surface area contributed by atoms with Crippen LogP contribution in [0.4, 0.5) is 10.5 Å². The van der Waals surface area contributed by atoms with Crippen molar-refractivity contribution in [3.8, 4) is 5.75 Å². The van der Waals surface area contributed by atoms with Crippen LogP contribution in [0.2, 0.25) is 0 Å². The van der Waals surface area contributed by atoms with E-state index in [2.05, 4.69) is 0 Å². The molecule has 1 aromatic rings. The summed E-state index contributed by atoms with van der Waals surface area (Å²) in [6.07, 6.45) is 1.30. The van der Waals surface area contributed by atoms with Crippen molar-refractivity contribution in [2.75, 3.05) is 24.5 Å². The van der Waals surface area contributed by atoms with Crippen LogP contribution >= 0.6 is 0 Å². The van der Waals surface area contributed by atoms with E-state index >= 15 is 0 Å². The summed E-state index contributed by atoms with van der Waals surface area (Å²) < 4.78 is 0. The topological polar surface area (TPSA) is 81.1 Å². The summed E-state index contributed by atoms with van der Waals surface area (Å²) in [6, 6.07) is 6.29. The summed E-state index contributed by atoms with van der Waals surface area (Å²) in [6.45, 7) is 3.11. The SMILES string of the molecule is CCN(C(=O)N1CCCC(C(=O)O)C1)c1cccc(O)c1. The van der Waals surface area contributed by atoms with Crippen molar-refractivity contribution in [2.24, 2.45) is 5.92 Å². The number of aromatic hydroxyl groups is 1. The quantitative estimate of drug-likeness (QED) is 0.894. The molecule has 1 fully saturated rings. The zero-order valence-corrected chi connectivity index (χ0v) is 12.0. The summed E-state index contributed by atoms with van der Waals surface area (Å²) in [5.74, 6) is -1.25. The van der Waals surface area contributed by atoms with Gasteiger partial charge in [0.1, 0.15) is 5.75 Å². The average molecular weight is 292 g/mol. The molecule has 0 saturated carbocycles. The number of amides is 2. The molecule has 1 aliphatic rings. The molecule has 2 N–H and O–H groups in total. The minimum Gasteiger partial charge on any atom is -0.508 e. The summed E-state index contributed by atoms with van der Waals surface area (Å²) in [5.41, 5.74) is 0.611. The molecule has 21 heavy (non-hydrogen) atoms. The van der Waals surface area contributed by atoms with Gasteiger partial charge in [0.15, 0.2) is 0 Å². The molecule has 6 heteroatoms. The third-order valence-corrected chi connectivity index (χ3v) is 3.73. The Morgan fingerprint density at radius 1 is 1.43 bits per heavy atom. The van der Waals surface area contributed by atoms with Crippen LogP contribution in [0.25, 0.3) is 0 Å². The van der Waals surface area contributed by atoms with Crippen molar-refractivity contribution in [2.45, 2.75) is 19.8 Å². The van der Waals surface area contributed by atoms with Crippen LogP contribution < -0.4 is 4.90 Å². The van der Waals surface area contributed by atoms with E-state index in [0.29, 0.717) is 31.6 Å². The van der Waals surface area contributed by atoms with E-state index in [9.17, 15) is 14.7 Å². The lowest BCUT2D eigenvalue weighted by molar-refractivity contribution is -0.143. The number of carboxylic acids is 1. The molecule has 114 valence electrons. The first-order chi connectivity index (χ1) is 10.0. The molecule has 2 rings (SSSR count). The fourth-order valence-electron chi connectivity index (χ4n) is 2.61. The second-order valence-corrected chi connectivity index (χ2v) is 5.17. The number of nitrogens with zero attached hydrogens (tertiary/aromatic N) is 2. The summed E-state index contributed by atoms with van der Waals surface area (Å²) in [7, 11) is 0. The van der Waals surface area contributed by atoms with Crippen LogP contribution in [0.15, 0.2) is 24.3 Å². The van der Waals surface area contributed by atoms with Crippen LogP contribution in [0, 0.1) is 5.92 Å². The molecule has 1 saturated heterocycles. The molecule has 6 nitrogen and oxygen atoms in total. The first-order valence-corrected chi connectivity index (χ1v) is 7.11. The zero-order chi connectivity index (χ0) is 15.4. The molecule has 0 aliphatic carbocycles. The average Bonchev–Trinajstić information content (AvgIpc) is 2.48. The number of aliphatic carboxylic acids is 1. The first kappa shape index (κ1) is 15.2. The Hall–Kier alpha value is -2.24. The molecule has 1 aliphatic heterocycles. The fraction of sp³-hybridized carbons (Fsp3) is 0.467. The molecule has 0 spiro atoms. The maximum atomic E-state index is 12.6. The molecule has 2 amide bonds. The molecule has 0 radical (unpaired) electrons. The normalized spacial score (nSPS) is 18.3. The van der Waals surface area contributed by atoms with Crippen molar-refractivity contribution in [1.29, 1.82) is 0 Å². The highest BCUT2D eigenvalue weighted by Crippen LogP contribution is 2.23. The molecule has 1 unspecified atom stereocenters. The number of urea groups is 1. The van der Waals surface area contributed by atoms with Crippen molar-refractivity contribution < 1.29 is 19.8 Å². The van der Waals surface area contributed by atoms with Gasteiger partial charge in [-0.1, -0.05) is 6.07 Å². The van der Waals surface area contributed by atoms with Crippen LogP contribution in [-0.2, 0) is 4.79 Å². The van der Waals surface area contributed by atoms with Gasteiger partial charge in [0, 0.05) is 31.4 Å². The van der Waals surface area contributed by atoms with Gasteiger partial charge in [-0.2, -0.15) is 0 Å². The van der Waals surface area contributed by atoms with E-state index in [-0.39, 0.29) is 18.3 Å². The van der Waals surface area contributed by atoms with E-state index in [4.69, 9.17) is 5.11 Å². The van der Waals surface area contributed by atoms with Gasteiger partial charge in [0.05, 0.1) is 5.92 Å². The third kappa shape index (κ3) is 3.45. The lowest BCUT2D eigenvalue weighted by Crippen LogP contribution is -2.49. The highest BCUT2D eigenvalue weighted by atomic mass is 16.4. The fourth-order valence-corrected chi connectivity index (χ4v) is 2.61. The summed E-state index contributed by atoms with van der Waals surface area (Å²) in [4.78, 5) is 26.8. The number of anilines is 1. The Bertz CT molecular complexity index is 532. The number of phenolic OH excluding ortho intramolecular Hbond substituents is 1. The third-order valence-electron chi connectivity index (χ3n) is 3.73. The first-order valence-electron chi connectivity index (χ1n) is 7.11. The number of hydrogen-bond donors (Lipinski definition) is 2. The van der Waals surface area contributed by atoms with E-state index < -0.39 is 11.9 Å². The second kappa shape index (κ2) is 6.47. The molecule has 1 aromatic carbocycles. The van der Waals surface area contributed by atoms with Gasteiger partial charge in [0.2, 0.25) is 0 Å². The predicted molar refractivity (Wildman–Crippen MR) is 78.5 cm³/mol. The van der Waals surface area contributed by atoms with Crippen LogP contribution in [0.3, 0.4) is 0 Å². The zero-order valence-electron chi connectivity index (χ0n) is 12.0. The van der Waals surface area contributed by atoms with Crippen molar-refractivity contribution >= 4 is 17.7 Å². The standard InChI is InChI=1S/C15H20N2O4/c1-2-17(12-6-3-7-13(18)9-12)15(21)16-8-4-5-11(10-16)14(19)20/h3,6-7,9,11,18H,2,4-5,8,10H2,1H3,(H,19,20). The van der Waals surface area contributed by atoms with Crippen LogP contribution in [-0.4, -0.2) is 46.7 Å². The molecular weight excluding hydrogens is 272 g/mol. The van der Waals surface area contributed by atoms with Gasteiger partial charge >= 0.3 is 12.0 Å². The van der Waals surface area contributed by atoms with Gasteiger partial charge in [-0.05, 0) is 31.9 Å². The Morgan fingerprint density at radius 3 is 2.81 bits per heavy atom. The second-order valence-electron chi connectivity index (χ2n) is 5.17. The molecule has 0 aromatic heterocycles. The minimum atomic E-state index is -0.854. The smallest absolute Gasteiger partial charge is 0.324 e. The van der Waals surface area contributed by atoms with Gasteiger partial charge in [-0.25, -0.2) is 4.79 Å². The highest BCUT2D eigenvalue weighted by Gasteiger charge is 2.30. The number of rotatable bonds is 3. The summed E-state index contributed by atoms with van der Waals surface area (Å²) >= 11 is 0. The van der Waals surface area contributed by atoms with E-state index in [1.165, 1.54) is 6.07 Å². The number of carboxylic acid groups (broad SMARTS) is 1. The Balaban J connectivity index is 2.14. The number of carbonyl (C=O) groups is 2. The van der Waals surface area contributed by atoms with Gasteiger partial charge in [0.25, 0.3) is 0 Å². The van der Waals surface area contributed by atoms with Gasteiger partial charge in [-0.15, -0.1) is 0 Å². The lowest BCUT2D eigenvalue weighted by Gasteiger charge is -2.34. The lowest BCUT2D eigenvalue weighted by atomic mass is 9.98. The summed E-state index contributed by atoms with van der Waals surface area (Å²) in [5, 5.41) is 18.6. The molecule has 0 bridgehead atoms. The van der Waals surface area contributed by atoms with Gasteiger partial charge < -0.3 is 15.1 Å². The number of phenols is 1. The Kier molecular flexibility index (Phi) is 4.67. The number of likely N-dealkylation sites (tertiary alicyclic amines) is 1. The molecule has 1 atom stereocenters. The molecule has 1 heterocycles. The number of benzene rings is 1. The van der Waals surface area contributed by atoms with E-state index in [0.717, 1.165) is 0 Å². The van der Waals surface area contributed by atoms with Crippen LogP contribution in [0.1, 0.15) is 19.8 Å². The maximum Gasteiger partial charge on any atom is 0.324 e. The Morgan fingerprint density at radius 2 is 2.19 bits per heavy atom. The largest absolute Gasteiger partial charge is 0.508 e. The number of piperidine rings is 1. The van der Waals surface area contributed by atoms with Crippen LogP contribution in [0.5, 0.6) is 5.75 Å². The van der Waals surface area contributed by atoms with Crippen molar-refractivity contribution in [1.82, 2.24) is 4.90 Å². The Labute approximate surface area is 123 Å². The van der Waals surface area contributed by atoms with Crippen molar-refractivity contribution in [3.63, 3.8) is 0 Å².